The highest BCUT2D eigenvalue weighted by molar-refractivity contribution is 6.09. The molecule has 4 aromatic carbocycles. The highest BCUT2D eigenvalue weighted by Gasteiger charge is 2.18. The SMILES string of the molecule is C=N/C(=C\C=C/C)c1nnc(-c2ccc(-n3c4ccccc4c4ccccc43)cc2)n1-c1ccccc1. The van der Waals surface area contributed by atoms with E-state index in [1.54, 1.807) is 0 Å². The first-order valence-corrected chi connectivity index (χ1v) is 12.2. The van der Waals surface area contributed by atoms with Crippen molar-refractivity contribution < 1.29 is 0 Å². The van der Waals surface area contributed by atoms with Crippen LogP contribution in [0.1, 0.15) is 12.7 Å². The average Bonchev–Trinajstić information content (AvgIpc) is 3.54. The van der Waals surface area contributed by atoms with Gasteiger partial charge in [0.25, 0.3) is 0 Å². The van der Waals surface area contributed by atoms with Crippen LogP contribution in [0.5, 0.6) is 0 Å². The number of hydrogen-bond donors (Lipinski definition) is 0. The summed E-state index contributed by atoms with van der Waals surface area (Å²) in [5.74, 6) is 1.38. The van der Waals surface area contributed by atoms with Crippen molar-refractivity contribution in [2.45, 2.75) is 6.92 Å². The average molecular weight is 480 g/mol. The van der Waals surface area contributed by atoms with Crippen LogP contribution in [0.25, 0.3) is 50.3 Å². The summed E-state index contributed by atoms with van der Waals surface area (Å²) in [6.45, 7) is 5.72. The third kappa shape index (κ3) is 3.87. The van der Waals surface area contributed by atoms with E-state index in [2.05, 4.69) is 99.3 Å². The molecule has 0 spiro atoms. The molecule has 0 aliphatic heterocycles. The summed E-state index contributed by atoms with van der Waals surface area (Å²) < 4.78 is 4.33. The number of allylic oxidation sites excluding steroid dienone is 3. The predicted octanol–water partition coefficient (Wildman–Crippen LogP) is 7.65. The number of benzene rings is 4. The molecule has 0 radical (unpaired) electrons. The molecular formula is C32H25N5. The van der Waals surface area contributed by atoms with Crippen molar-refractivity contribution in [3.63, 3.8) is 0 Å². The van der Waals surface area contributed by atoms with Gasteiger partial charge in [-0.1, -0.05) is 66.7 Å². The molecule has 2 aromatic heterocycles. The first-order valence-electron chi connectivity index (χ1n) is 12.2. The molecule has 0 aliphatic carbocycles. The Kier molecular flexibility index (Phi) is 5.79. The third-order valence-electron chi connectivity index (χ3n) is 6.49. The molecule has 6 rings (SSSR count). The Balaban J connectivity index is 1.50. The summed E-state index contributed by atoms with van der Waals surface area (Å²) in [5.41, 5.74) is 6.03. The lowest BCUT2D eigenvalue weighted by Gasteiger charge is -2.12. The first kappa shape index (κ1) is 22.4. The van der Waals surface area contributed by atoms with E-state index in [9.17, 15) is 0 Å². The van der Waals surface area contributed by atoms with Crippen LogP contribution < -0.4 is 0 Å². The van der Waals surface area contributed by atoms with Crippen LogP contribution in [0.4, 0.5) is 0 Å². The molecule has 178 valence electrons. The number of nitrogens with zero attached hydrogens (tertiary/aromatic N) is 5. The van der Waals surface area contributed by atoms with Gasteiger partial charge >= 0.3 is 0 Å². The Morgan fingerprint density at radius 2 is 1.30 bits per heavy atom. The lowest BCUT2D eigenvalue weighted by atomic mass is 10.1. The lowest BCUT2D eigenvalue weighted by Crippen LogP contribution is -2.02. The molecular weight excluding hydrogens is 454 g/mol. The molecule has 5 nitrogen and oxygen atoms in total. The van der Waals surface area contributed by atoms with Gasteiger partial charge in [-0.15, -0.1) is 10.2 Å². The molecule has 0 aliphatic rings. The zero-order valence-electron chi connectivity index (χ0n) is 20.5. The van der Waals surface area contributed by atoms with Gasteiger partial charge < -0.3 is 4.57 Å². The van der Waals surface area contributed by atoms with Gasteiger partial charge in [-0.05, 0) is 68.2 Å². The summed E-state index contributed by atoms with van der Waals surface area (Å²) in [5, 5.41) is 11.6. The van der Waals surface area contributed by atoms with Gasteiger partial charge in [0, 0.05) is 27.7 Å². The maximum atomic E-state index is 4.59. The van der Waals surface area contributed by atoms with Crippen LogP contribution in [0.2, 0.25) is 0 Å². The lowest BCUT2D eigenvalue weighted by molar-refractivity contribution is 1.02. The fourth-order valence-corrected chi connectivity index (χ4v) is 4.80. The smallest absolute Gasteiger partial charge is 0.187 e. The molecule has 0 fully saturated rings. The van der Waals surface area contributed by atoms with E-state index in [-0.39, 0.29) is 0 Å². The van der Waals surface area contributed by atoms with Crippen molar-refractivity contribution in [3.05, 3.63) is 127 Å². The Hall–Kier alpha value is -5.03. The Bertz CT molecular complexity index is 1730. The number of aromatic nitrogens is 4. The van der Waals surface area contributed by atoms with E-state index in [1.807, 2.05) is 60.1 Å². The molecule has 6 aromatic rings. The largest absolute Gasteiger partial charge is 0.309 e. The van der Waals surface area contributed by atoms with E-state index >= 15 is 0 Å². The van der Waals surface area contributed by atoms with Gasteiger partial charge in [0.15, 0.2) is 11.6 Å². The first-order chi connectivity index (χ1) is 18.3. The molecule has 0 N–H and O–H groups in total. The standard InChI is InChI=1S/C32H25N5/c1-3-4-16-28(33-2)32-35-34-31(37(32)24-12-6-5-7-13-24)23-19-21-25(22-20-23)36-29-17-10-8-14-26(29)27-15-9-11-18-30(27)36/h3-22H,2H2,1H3/b4-3-,28-16-. The van der Waals surface area contributed by atoms with Gasteiger partial charge in [0.2, 0.25) is 0 Å². The fraction of sp³-hybridized carbons (Fsp3) is 0.0312. The number of hydrogen-bond acceptors (Lipinski definition) is 3. The van der Waals surface area contributed by atoms with Crippen LogP contribution in [-0.2, 0) is 0 Å². The summed E-state index contributed by atoms with van der Waals surface area (Å²) in [4.78, 5) is 4.23. The topological polar surface area (TPSA) is 48.0 Å². The van der Waals surface area contributed by atoms with Crippen LogP contribution in [-0.4, -0.2) is 26.0 Å². The van der Waals surface area contributed by atoms with Gasteiger partial charge in [-0.25, -0.2) is 0 Å². The zero-order chi connectivity index (χ0) is 25.2. The Labute approximate surface area is 215 Å². The summed E-state index contributed by atoms with van der Waals surface area (Å²) in [7, 11) is 0. The van der Waals surface area contributed by atoms with E-state index in [1.165, 1.54) is 21.8 Å². The highest BCUT2D eigenvalue weighted by Crippen LogP contribution is 2.33. The maximum absolute atomic E-state index is 4.59. The van der Waals surface area contributed by atoms with E-state index in [0.717, 1.165) is 22.8 Å². The maximum Gasteiger partial charge on any atom is 0.187 e. The van der Waals surface area contributed by atoms with Gasteiger partial charge in [-0.2, -0.15) is 0 Å². The second-order valence-electron chi connectivity index (χ2n) is 8.67. The van der Waals surface area contributed by atoms with Crippen LogP contribution in [0.15, 0.2) is 126 Å². The van der Waals surface area contributed by atoms with E-state index in [4.69, 9.17) is 0 Å². The second kappa shape index (κ2) is 9.55. The van der Waals surface area contributed by atoms with E-state index < -0.39 is 0 Å². The molecule has 0 atom stereocenters. The molecule has 0 unspecified atom stereocenters. The molecule has 0 bridgehead atoms. The number of para-hydroxylation sites is 3. The van der Waals surface area contributed by atoms with Crippen LogP contribution in [0, 0.1) is 0 Å². The van der Waals surface area contributed by atoms with Crippen molar-refractivity contribution in [2.24, 2.45) is 4.99 Å². The molecule has 0 saturated carbocycles. The Morgan fingerprint density at radius 3 is 1.92 bits per heavy atom. The molecule has 0 amide bonds. The normalized spacial score (nSPS) is 12.1. The molecule has 37 heavy (non-hydrogen) atoms. The van der Waals surface area contributed by atoms with Gasteiger partial charge in [0.05, 0.1) is 11.0 Å². The summed E-state index contributed by atoms with van der Waals surface area (Å²) in [6.07, 6.45) is 5.77. The van der Waals surface area contributed by atoms with Gasteiger partial charge in [-0.3, -0.25) is 9.56 Å². The van der Waals surface area contributed by atoms with Crippen molar-refractivity contribution in [1.82, 2.24) is 19.3 Å². The van der Waals surface area contributed by atoms with Crippen LogP contribution >= 0.6 is 0 Å². The molecule has 5 heteroatoms. The van der Waals surface area contributed by atoms with Crippen molar-refractivity contribution in [2.75, 3.05) is 0 Å². The monoisotopic (exact) mass is 479 g/mol. The predicted molar refractivity (Wildman–Crippen MR) is 153 cm³/mol. The summed E-state index contributed by atoms with van der Waals surface area (Å²) >= 11 is 0. The third-order valence-corrected chi connectivity index (χ3v) is 6.49. The quantitative estimate of drug-likeness (QED) is 0.182. The fourth-order valence-electron chi connectivity index (χ4n) is 4.80. The van der Waals surface area contributed by atoms with Crippen molar-refractivity contribution in [3.8, 4) is 22.8 Å². The highest BCUT2D eigenvalue weighted by atomic mass is 15.3. The van der Waals surface area contributed by atoms with E-state index in [0.29, 0.717) is 11.5 Å². The Morgan fingerprint density at radius 1 is 0.703 bits per heavy atom. The minimum absolute atomic E-state index is 0.640. The van der Waals surface area contributed by atoms with Crippen molar-refractivity contribution >= 4 is 34.2 Å². The van der Waals surface area contributed by atoms with Crippen LogP contribution in [0.3, 0.4) is 0 Å². The number of aliphatic imine (C=N–C) groups is 1. The number of fused-ring (bicyclic) bond motifs is 3. The molecule has 0 saturated heterocycles. The second-order valence-corrected chi connectivity index (χ2v) is 8.67. The zero-order valence-corrected chi connectivity index (χ0v) is 20.5. The van der Waals surface area contributed by atoms with Gasteiger partial charge in [0.1, 0.15) is 5.70 Å². The molecule has 2 heterocycles. The number of rotatable bonds is 6. The van der Waals surface area contributed by atoms with Crippen molar-refractivity contribution in [1.29, 1.82) is 0 Å². The minimum atomic E-state index is 0.640. The summed E-state index contributed by atoms with van der Waals surface area (Å²) in [6, 6.07) is 35.6. The minimum Gasteiger partial charge on any atom is -0.309 e.